The molecule has 0 saturated carbocycles. The van der Waals surface area contributed by atoms with Gasteiger partial charge in [0, 0.05) is 79.6 Å². The molecule has 0 aromatic heterocycles. The quantitative estimate of drug-likeness (QED) is 0.487. The minimum atomic E-state index is -1.02. The molecule has 0 N–H and O–H groups in total. The molecule has 9 heteroatoms. The second-order valence-corrected chi connectivity index (χ2v) is 5.09. The number of rotatable bonds is 4. The Bertz CT molecular complexity index is 81.4. The maximum atomic E-state index is 5.31. The normalized spacial score (nSPS) is 7.60. The molecule has 0 saturated heterocycles. The molecule has 0 fully saturated rings. The molecule has 15 heavy (non-hydrogen) atoms. The summed E-state index contributed by atoms with van der Waals surface area (Å²) in [5, 5.41) is 0. The first-order valence-corrected chi connectivity index (χ1v) is 7.68. The summed E-state index contributed by atoms with van der Waals surface area (Å²) in [5.41, 5.74) is 0. The molecule has 0 heterocycles. The Morgan fingerprint density at radius 2 is 1.00 bits per heavy atom. The number of hydrogen-bond donors (Lipinski definition) is 0. The zero-order chi connectivity index (χ0) is 11.3. The molecule has 0 spiro atoms. The Morgan fingerprint density at radius 3 is 1.13 bits per heavy atom. The molecular weight excluding hydrogens is 418 g/mol. The van der Waals surface area contributed by atoms with E-state index in [1.54, 1.807) is 14.2 Å². The van der Waals surface area contributed by atoms with Gasteiger partial charge in [0.1, 0.15) is 0 Å². The van der Waals surface area contributed by atoms with Crippen LogP contribution in [0.1, 0.15) is 0 Å². The van der Waals surface area contributed by atoms with Crippen LogP contribution >= 0.6 is 0 Å². The minimum Gasteiger partial charge on any atom is -0.792 e. The SMILES string of the molecule is CO[Si](C)O[Si](C)OC.[CH][S-].[CH][S-].[Y].[Y]. The van der Waals surface area contributed by atoms with E-state index in [2.05, 4.69) is 37.8 Å². The molecule has 0 rings (SSSR count). The van der Waals surface area contributed by atoms with Crippen molar-refractivity contribution in [2.45, 2.75) is 13.1 Å². The average molecular weight is 432 g/mol. The standard InChI is InChI=1S/C4H12O3Si2.2CHS.2Y/c1-5-8(3)7-9(4)6-2;2*1-2;;/h1-4H3;2*1H;;/q;2*-1;;. The Labute approximate surface area is 159 Å². The topological polar surface area (TPSA) is 27.7 Å². The first-order valence-electron chi connectivity index (χ1n) is 3.10. The van der Waals surface area contributed by atoms with Crippen LogP contribution in [0.15, 0.2) is 0 Å². The van der Waals surface area contributed by atoms with Gasteiger partial charge in [-0.25, -0.2) is 12.5 Å². The van der Waals surface area contributed by atoms with Crippen LogP contribution in [0.25, 0.3) is 0 Å². The van der Waals surface area contributed by atoms with Gasteiger partial charge in [0.25, 0.3) is 0 Å². The Hall–Kier alpha value is 3.22. The monoisotopic (exact) mass is 432 g/mol. The fourth-order valence-corrected chi connectivity index (χ4v) is 2.57. The first kappa shape index (κ1) is 30.9. The van der Waals surface area contributed by atoms with E-state index < -0.39 is 18.6 Å². The third-order valence-electron chi connectivity index (χ3n) is 0.862. The largest absolute Gasteiger partial charge is 0.792 e. The van der Waals surface area contributed by atoms with Crippen molar-refractivity contribution in [1.82, 2.24) is 0 Å². The van der Waals surface area contributed by atoms with E-state index in [-0.39, 0.29) is 65.4 Å². The molecule has 3 nitrogen and oxygen atoms in total. The van der Waals surface area contributed by atoms with Crippen molar-refractivity contribution in [2.24, 2.45) is 0 Å². The van der Waals surface area contributed by atoms with Crippen molar-refractivity contribution in [1.29, 1.82) is 0 Å². The molecule has 0 aliphatic carbocycles. The van der Waals surface area contributed by atoms with Crippen molar-refractivity contribution in [2.75, 3.05) is 14.2 Å². The van der Waals surface area contributed by atoms with Crippen molar-refractivity contribution >= 4 is 43.8 Å². The van der Waals surface area contributed by atoms with E-state index in [1.807, 2.05) is 13.1 Å². The summed E-state index contributed by atoms with van der Waals surface area (Å²) in [5.74, 6) is 0. The third-order valence-corrected chi connectivity index (χ3v) is 4.31. The van der Waals surface area contributed by atoms with Gasteiger partial charge in [0.05, 0.1) is 0 Å². The van der Waals surface area contributed by atoms with Gasteiger partial charge >= 0.3 is 18.6 Å². The molecule has 0 aromatic rings. The summed E-state index contributed by atoms with van der Waals surface area (Å²) in [7, 11) is 1.26. The molecule has 0 unspecified atom stereocenters. The third kappa shape index (κ3) is 31.7. The molecule has 84 valence electrons. The summed E-state index contributed by atoms with van der Waals surface area (Å²) in [6.45, 7) is 3.88. The van der Waals surface area contributed by atoms with Crippen LogP contribution in [0.4, 0.5) is 0 Å². The fourth-order valence-electron chi connectivity index (χ4n) is 0.286. The van der Waals surface area contributed by atoms with Crippen LogP contribution in [0.2, 0.25) is 13.1 Å². The van der Waals surface area contributed by atoms with Crippen LogP contribution < -0.4 is 0 Å². The van der Waals surface area contributed by atoms with E-state index in [0.29, 0.717) is 0 Å². The van der Waals surface area contributed by atoms with Gasteiger partial charge in [0.2, 0.25) is 0 Å². The van der Waals surface area contributed by atoms with Gasteiger partial charge in [-0.15, -0.1) is 0 Å². The second-order valence-electron chi connectivity index (χ2n) is 1.49. The Balaban J connectivity index is -0.0000000496. The van der Waals surface area contributed by atoms with Crippen LogP contribution in [0.5, 0.6) is 0 Å². The van der Waals surface area contributed by atoms with E-state index in [9.17, 15) is 0 Å². The Morgan fingerprint density at radius 1 is 0.800 bits per heavy atom. The summed E-state index contributed by atoms with van der Waals surface area (Å²) in [6, 6.07) is 0. The number of hydrogen-bond acceptors (Lipinski definition) is 5. The zero-order valence-corrected chi connectivity index (χ0v) is 18.7. The van der Waals surface area contributed by atoms with E-state index in [0.717, 1.165) is 0 Å². The average Bonchev–Trinajstić information content (AvgIpc) is 2.23. The molecular formula is C6H14O3S2Si2Y2-2. The van der Waals surface area contributed by atoms with Crippen molar-refractivity contribution in [3.8, 4) is 0 Å². The molecule has 8 radical (unpaired) electrons. The molecule has 0 amide bonds. The van der Waals surface area contributed by atoms with Gasteiger partial charge in [-0.1, -0.05) is 0 Å². The van der Waals surface area contributed by atoms with Crippen LogP contribution in [0, 0.1) is 12.5 Å². The predicted molar refractivity (Wildman–Crippen MR) is 61.7 cm³/mol. The van der Waals surface area contributed by atoms with Crippen LogP contribution in [-0.4, -0.2) is 32.8 Å². The van der Waals surface area contributed by atoms with Crippen molar-refractivity contribution in [3.05, 3.63) is 12.5 Å². The minimum absolute atomic E-state index is 0. The second kappa shape index (κ2) is 30.3. The molecule has 0 aliphatic heterocycles. The molecule has 0 atom stereocenters. The van der Waals surface area contributed by atoms with Crippen molar-refractivity contribution in [3.63, 3.8) is 0 Å². The van der Waals surface area contributed by atoms with Gasteiger partial charge in [-0.3, -0.25) is 0 Å². The predicted octanol–water partition coefficient (Wildman–Crippen LogP) is 0.931. The molecule has 0 bridgehead atoms. The van der Waals surface area contributed by atoms with Gasteiger partial charge in [0.15, 0.2) is 0 Å². The maximum absolute atomic E-state index is 5.31. The molecule has 0 aromatic carbocycles. The fraction of sp³-hybridized carbons (Fsp3) is 0.667. The summed E-state index contributed by atoms with van der Waals surface area (Å²) < 4.78 is 15.2. The van der Waals surface area contributed by atoms with Gasteiger partial charge in [-0.05, 0) is 13.1 Å². The zero-order valence-electron chi connectivity index (χ0n) is 9.35. The van der Waals surface area contributed by atoms with Crippen LogP contribution in [0.3, 0.4) is 0 Å². The molecule has 0 aliphatic rings. The smallest absolute Gasteiger partial charge is 0.371 e. The van der Waals surface area contributed by atoms with E-state index in [1.165, 1.54) is 0 Å². The Kier molecular flexibility index (Phi) is 62.5. The van der Waals surface area contributed by atoms with Crippen LogP contribution in [-0.2, 0) is 104 Å². The van der Waals surface area contributed by atoms with E-state index in [4.69, 9.17) is 13.0 Å². The summed E-state index contributed by atoms with van der Waals surface area (Å²) >= 11 is 7.17. The first-order chi connectivity index (χ1) is 6.20. The summed E-state index contributed by atoms with van der Waals surface area (Å²) in [6.07, 6.45) is 8.17. The summed E-state index contributed by atoms with van der Waals surface area (Å²) in [4.78, 5) is 0. The van der Waals surface area contributed by atoms with E-state index >= 15 is 0 Å². The maximum Gasteiger partial charge on any atom is 0.371 e. The van der Waals surface area contributed by atoms with Gasteiger partial charge < -0.3 is 38.2 Å². The van der Waals surface area contributed by atoms with Crippen molar-refractivity contribution < 1.29 is 78.4 Å². The van der Waals surface area contributed by atoms with Gasteiger partial charge in [-0.2, -0.15) is 0 Å².